The van der Waals surface area contributed by atoms with E-state index in [-0.39, 0.29) is 12.3 Å². The molecule has 1 saturated carbocycles. The van der Waals surface area contributed by atoms with Crippen molar-refractivity contribution in [2.24, 2.45) is 0 Å². The molecule has 2 heterocycles. The molecule has 1 aliphatic carbocycles. The first-order valence-electron chi connectivity index (χ1n) is 8.49. The van der Waals surface area contributed by atoms with Gasteiger partial charge in [-0.15, -0.1) is 11.3 Å². The van der Waals surface area contributed by atoms with E-state index in [1.165, 1.54) is 24.2 Å². The Labute approximate surface area is 159 Å². The number of hydrogen-bond acceptors (Lipinski definition) is 6. The highest BCUT2D eigenvalue weighted by Crippen LogP contribution is 2.35. The molecule has 26 heavy (non-hydrogen) atoms. The molecular weight excluding hydrogens is 372 g/mol. The van der Waals surface area contributed by atoms with Crippen LogP contribution in [0.3, 0.4) is 0 Å². The van der Waals surface area contributed by atoms with Gasteiger partial charge in [-0.1, -0.05) is 29.6 Å². The molecule has 4 rings (SSSR count). The van der Waals surface area contributed by atoms with Crippen molar-refractivity contribution in [2.75, 3.05) is 5.32 Å². The minimum atomic E-state index is -0.157. The highest BCUT2D eigenvalue weighted by molar-refractivity contribution is 7.07. The molecule has 0 bridgehead atoms. The van der Waals surface area contributed by atoms with Crippen LogP contribution in [0.15, 0.2) is 33.6 Å². The van der Waals surface area contributed by atoms with Crippen LogP contribution in [0.5, 0.6) is 0 Å². The van der Waals surface area contributed by atoms with Crippen molar-refractivity contribution in [1.82, 2.24) is 15.1 Å². The summed E-state index contributed by atoms with van der Waals surface area (Å²) in [6.45, 7) is 0. The molecule has 6 nitrogen and oxygen atoms in total. The number of hydrogen-bond donors (Lipinski definition) is 1. The summed E-state index contributed by atoms with van der Waals surface area (Å²) >= 11 is 7.60. The van der Waals surface area contributed by atoms with E-state index in [1.807, 2.05) is 5.38 Å². The average molecular weight is 389 g/mol. The minimum absolute atomic E-state index is 0.157. The zero-order chi connectivity index (χ0) is 17.9. The maximum atomic E-state index is 12.3. The second kappa shape index (κ2) is 7.55. The van der Waals surface area contributed by atoms with Crippen LogP contribution in [0.4, 0.5) is 5.69 Å². The summed E-state index contributed by atoms with van der Waals surface area (Å²) in [7, 11) is 0. The maximum Gasteiger partial charge on any atom is 0.260 e. The Balaban J connectivity index is 1.57. The molecule has 0 radical (unpaired) electrons. The van der Waals surface area contributed by atoms with Gasteiger partial charge in [0.15, 0.2) is 5.82 Å². The first-order chi connectivity index (χ1) is 12.7. The van der Waals surface area contributed by atoms with Crippen LogP contribution in [-0.4, -0.2) is 21.0 Å². The number of anilines is 1. The fourth-order valence-corrected chi connectivity index (χ4v) is 3.91. The van der Waals surface area contributed by atoms with E-state index in [1.54, 1.807) is 23.7 Å². The molecular formula is C18H17ClN4O2S. The highest BCUT2D eigenvalue weighted by atomic mass is 35.5. The SMILES string of the molecule is O=C(Cc1cscn1)Nc1ccc(Cl)cc1-c1nc(C2CCCC2)no1. The van der Waals surface area contributed by atoms with Crippen LogP contribution < -0.4 is 5.32 Å². The maximum absolute atomic E-state index is 12.3. The highest BCUT2D eigenvalue weighted by Gasteiger charge is 2.24. The molecule has 1 fully saturated rings. The Morgan fingerprint density at radius 3 is 2.96 bits per heavy atom. The fourth-order valence-electron chi connectivity index (χ4n) is 3.18. The summed E-state index contributed by atoms with van der Waals surface area (Å²) < 4.78 is 5.46. The largest absolute Gasteiger partial charge is 0.334 e. The van der Waals surface area contributed by atoms with Gasteiger partial charge in [0, 0.05) is 16.3 Å². The third kappa shape index (κ3) is 3.78. The van der Waals surface area contributed by atoms with Gasteiger partial charge in [0.05, 0.1) is 28.9 Å². The standard InChI is InChI=1S/C18H17ClN4O2S/c19-12-5-6-15(21-16(24)8-13-9-26-10-20-13)14(7-12)18-22-17(23-25-18)11-3-1-2-4-11/h5-7,9-11H,1-4,8H2,(H,21,24). The van der Waals surface area contributed by atoms with Gasteiger partial charge in [0.1, 0.15) is 0 Å². The van der Waals surface area contributed by atoms with Gasteiger partial charge in [-0.25, -0.2) is 4.98 Å². The lowest BCUT2D eigenvalue weighted by atomic mass is 10.1. The van der Waals surface area contributed by atoms with Gasteiger partial charge in [-0.3, -0.25) is 4.79 Å². The molecule has 1 N–H and O–H groups in total. The summed E-state index contributed by atoms with van der Waals surface area (Å²) in [4.78, 5) is 21.0. The van der Waals surface area contributed by atoms with Crippen molar-refractivity contribution < 1.29 is 9.32 Å². The molecule has 1 aliphatic rings. The second-order valence-electron chi connectivity index (χ2n) is 6.33. The van der Waals surface area contributed by atoms with E-state index >= 15 is 0 Å². The molecule has 0 saturated heterocycles. The molecule has 1 aromatic carbocycles. The number of benzene rings is 1. The lowest BCUT2D eigenvalue weighted by Gasteiger charge is -2.08. The van der Waals surface area contributed by atoms with E-state index in [9.17, 15) is 4.79 Å². The van der Waals surface area contributed by atoms with Crippen molar-refractivity contribution in [3.8, 4) is 11.5 Å². The number of amides is 1. The van der Waals surface area contributed by atoms with Crippen molar-refractivity contribution >= 4 is 34.5 Å². The minimum Gasteiger partial charge on any atom is -0.334 e. The van der Waals surface area contributed by atoms with Crippen LogP contribution in [0, 0.1) is 0 Å². The van der Waals surface area contributed by atoms with Gasteiger partial charge >= 0.3 is 0 Å². The lowest BCUT2D eigenvalue weighted by Crippen LogP contribution is -2.15. The molecule has 0 spiro atoms. The zero-order valence-corrected chi connectivity index (χ0v) is 15.5. The van der Waals surface area contributed by atoms with Gasteiger partial charge in [0.2, 0.25) is 5.91 Å². The van der Waals surface area contributed by atoms with Crippen LogP contribution in [0.1, 0.15) is 43.1 Å². The molecule has 134 valence electrons. The summed E-state index contributed by atoms with van der Waals surface area (Å²) in [5.74, 6) is 1.31. The summed E-state index contributed by atoms with van der Waals surface area (Å²) in [6, 6.07) is 5.19. The Morgan fingerprint density at radius 2 is 2.19 bits per heavy atom. The number of nitrogens with one attached hydrogen (secondary N) is 1. The van der Waals surface area contributed by atoms with Crippen molar-refractivity contribution in [2.45, 2.75) is 38.0 Å². The van der Waals surface area contributed by atoms with E-state index < -0.39 is 0 Å². The van der Waals surface area contributed by atoms with Gasteiger partial charge in [0.25, 0.3) is 5.89 Å². The monoisotopic (exact) mass is 388 g/mol. The van der Waals surface area contributed by atoms with Crippen molar-refractivity contribution in [3.05, 3.63) is 45.6 Å². The number of halogens is 1. The number of nitrogens with zero attached hydrogens (tertiary/aromatic N) is 3. The van der Waals surface area contributed by atoms with Gasteiger partial charge < -0.3 is 9.84 Å². The third-order valence-electron chi connectivity index (χ3n) is 4.47. The molecule has 0 atom stereocenters. The Bertz CT molecular complexity index is 904. The van der Waals surface area contributed by atoms with Crippen LogP contribution in [0.25, 0.3) is 11.5 Å². The second-order valence-corrected chi connectivity index (χ2v) is 7.49. The van der Waals surface area contributed by atoms with Crippen LogP contribution in [0.2, 0.25) is 5.02 Å². The van der Waals surface area contributed by atoms with Crippen molar-refractivity contribution in [3.63, 3.8) is 0 Å². The number of carbonyl (C=O) groups is 1. The summed E-state index contributed by atoms with van der Waals surface area (Å²) in [5, 5.41) is 9.42. The lowest BCUT2D eigenvalue weighted by molar-refractivity contribution is -0.115. The average Bonchev–Trinajstić information content (AvgIpc) is 3.38. The van der Waals surface area contributed by atoms with E-state index in [0.29, 0.717) is 28.1 Å². The first kappa shape index (κ1) is 17.2. The Hall–Kier alpha value is -2.25. The van der Waals surface area contributed by atoms with Gasteiger partial charge in [-0.2, -0.15) is 4.98 Å². The summed E-state index contributed by atoms with van der Waals surface area (Å²) in [5.41, 5.74) is 3.67. The van der Waals surface area contributed by atoms with Crippen LogP contribution in [-0.2, 0) is 11.2 Å². The quantitative estimate of drug-likeness (QED) is 0.685. The van der Waals surface area contributed by atoms with E-state index in [0.717, 1.165) is 24.4 Å². The predicted octanol–water partition coefficient (Wildman–Crippen LogP) is 4.69. The normalized spacial score (nSPS) is 14.7. The van der Waals surface area contributed by atoms with E-state index in [2.05, 4.69) is 20.4 Å². The van der Waals surface area contributed by atoms with Crippen LogP contribution >= 0.6 is 22.9 Å². The molecule has 0 aliphatic heterocycles. The predicted molar refractivity (Wildman–Crippen MR) is 100 cm³/mol. The third-order valence-corrected chi connectivity index (χ3v) is 5.34. The molecule has 2 aromatic heterocycles. The molecule has 0 unspecified atom stereocenters. The number of carbonyl (C=O) groups excluding carboxylic acids is 1. The van der Waals surface area contributed by atoms with Gasteiger partial charge in [-0.05, 0) is 31.0 Å². The smallest absolute Gasteiger partial charge is 0.260 e. The zero-order valence-electron chi connectivity index (χ0n) is 13.9. The Kier molecular flexibility index (Phi) is 4.99. The molecule has 3 aromatic rings. The Morgan fingerprint density at radius 1 is 1.35 bits per heavy atom. The molecule has 1 amide bonds. The number of thiazole rings is 1. The van der Waals surface area contributed by atoms with Crippen molar-refractivity contribution in [1.29, 1.82) is 0 Å². The number of rotatable bonds is 5. The first-order valence-corrected chi connectivity index (χ1v) is 9.81. The number of aromatic nitrogens is 3. The fraction of sp³-hybridized carbons (Fsp3) is 0.333. The molecule has 8 heteroatoms. The summed E-state index contributed by atoms with van der Waals surface area (Å²) in [6.07, 6.45) is 4.79. The topological polar surface area (TPSA) is 80.9 Å². The van der Waals surface area contributed by atoms with E-state index in [4.69, 9.17) is 16.1 Å².